The van der Waals surface area contributed by atoms with Crippen LogP contribution in [0, 0.1) is 13.8 Å². The van der Waals surface area contributed by atoms with E-state index in [0.29, 0.717) is 11.4 Å². The Morgan fingerprint density at radius 3 is 2.40 bits per heavy atom. The van der Waals surface area contributed by atoms with Crippen molar-refractivity contribution in [3.05, 3.63) is 27.8 Å². The molecule has 0 fully saturated rings. The summed E-state index contributed by atoms with van der Waals surface area (Å²) in [7, 11) is -2.10. The van der Waals surface area contributed by atoms with Gasteiger partial charge in [-0.3, -0.25) is 9.36 Å². The van der Waals surface area contributed by atoms with Crippen LogP contribution in [0.5, 0.6) is 0 Å². The predicted octanol–water partition coefficient (Wildman–Crippen LogP) is 2.38. The zero-order valence-electron chi connectivity index (χ0n) is 13.7. The van der Waals surface area contributed by atoms with Gasteiger partial charge in [0.1, 0.15) is 4.90 Å². The van der Waals surface area contributed by atoms with E-state index >= 15 is 0 Å². The maximum atomic E-state index is 12.8. The maximum absolute atomic E-state index is 12.8. The van der Waals surface area contributed by atoms with Crippen LogP contribution in [-0.4, -0.2) is 34.5 Å². The van der Waals surface area contributed by atoms with Crippen LogP contribution < -0.4 is 4.72 Å². The summed E-state index contributed by atoms with van der Waals surface area (Å²) in [5.74, 6) is 0. The minimum Gasteiger partial charge on any atom is -0.274 e. The van der Waals surface area contributed by atoms with Gasteiger partial charge in [0.05, 0.1) is 15.9 Å². The molecule has 0 aliphatic rings. The highest BCUT2D eigenvalue weighted by molar-refractivity contribution is 9.10. The van der Waals surface area contributed by atoms with E-state index in [9.17, 15) is 21.6 Å². The Morgan fingerprint density at radius 1 is 1.28 bits per heavy atom. The van der Waals surface area contributed by atoms with Gasteiger partial charge in [0.2, 0.25) is 10.0 Å². The molecular weight excluding hydrogens is 427 g/mol. The molecule has 7 nitrogen and oxygen atoms in total. The Kier molecular flexibility index (Phi) is 5.64. The fourth-order valence-corrected chi connectivity index (χ4v) is 4.08. The number of hydrogen-bond acceptors (Lipinski definition) is 4. The lowest BCUT2D eigenvalue weighted by Gasteiger charge is -2.07. The number of rotatable bonds is 6. The quantitative estimate of drug-likeness (QED) is 0.694. The Hall–Kier alpha value is -1.40. The van der Waals surface area contributed by atoms with Gasteiger partial charge in [-0.15, -0.1) is 0 Å². The number of nitrogens with one attached hydrogen (secondary N) is 1. The van der Waals surface area contributed by atoms with E-state index in [2.05, 4.69) is 30.8 Å². The van der Waals surface area contributed by atoms with Crippen molar-refractivity contribution in [1.29, 1.82) is 0 Å². The molecule has 0 atom stereocenters. The van der Waals surface area contributed by atoms with Gasteiger partial charge in [-0.2, -0.15) is 23.4 Å². The van der Waals surface area contributed by atoms with E-state index in [4.69, 9.17) is 0 Å². The summed E-state index contributed by atoms with van der Waals surface area (Å²) in [5, 5.41) is 7.52. The summed E-state index contributed by atoms with van der Waals surface area (Å²) < 4.78 is 67.7. The molecule has 0 aliphatic carbocycles. The van der Waals surface area contributed by atoms with Crippen molar-refractivity contribution >= 4 is 26.0 Å². The summed E-state index contributed by atoms with van der Waals surface area (Å²) in [5.41, 5.74) is -0.286. The van der Waals surface area contributed by atoms with Crippen LogP contribution in [0.3, 0.4) is 0 Å². The minimum absolute atomic E-state index is 0.0644. The second-order valence-corrected chi connectivity index (χ2v) is 8.00. The lowest BCUT2D eigenvalue weighted by Crippen LogP contribution is -2.26. The third-order valence-corrected chi connectivity index (χ3v) is 6.01. The Balaban J connectivity index is 1.99. The Labute approximate surface area is 151 Å². The zero-order valence-corrected chi connectivity index (χ0v) is 16.1. The molecule has 2 rings (SSSR count). The number of alkyl halides is 3. The second kappa shape index (κ2) is 7.08. The van der Waals surface area contributed by atoms with Gasteiger partial charge in [0.25, 0.3) is 0 Å². The molecule has 12 heteroatoms. The molecule has 2 aromatic heterocycles. The Bertz CT molecular complexity index is 873. The highest BCUT2D eigenvalue weighted by atomic mass is 79.9. The lowest BCUT2D eigenvalue weighted by atomic mass is 10.3. The molecule has 25 heavy (non-hydrogen) atoms. The zero-order chi connectivity index (χ0) is 19.0. The molecule has 2 aromatic rings. The molecular formula is C13H17BrF3N5O2S. The van der Waals surface area contributed by atoms with Crippen LogP contribution in [0.4, 0.5) is 13.2 Å². The first-order chi connectivity index (χ1) is 11.4. The SMILES string of the molecule is Cc1nn(C)cc1S(=O)(=O)NCCCn1nc(C(F)(F)F)c(Br)c1C. The molecule has 0 unspecified atom stereocenters. The third-order valence-electron chi connectivity index (χ3n) is 3.50. The van der Waals surface area contributed by atoms with Gasteiger partial charge in [0, 0.05) is 26.3 Å². The van der Waals surface area contributed by atoms with E-state index in [1.54, 1.807) is 14.0 Å². The van der Waals surface area contributed by atoms with Gasteiger partial charge in [-0.05, 0) is 36.2 Å². The summed E-state index contributed by atoms with van der Waals surface area (Å²) in [6, 6.07) is 0. The van der Waals surface area contributed by atoms with Gasteiger partial charge in [-0.25, -0.2) is 13.1 Å². The van der Waals surface area contributed by atoms with Crippen molar-refractivity contribution in [2.75, 3.05) is 6.54 Å². The average molecular weight is 444 g/mol. The van der Waals surface area contributed by atoms with Crippen LogP contribution in [0.2, 0.25) is 0 Å². The first kappa shape index (κ1) is 19.9. The minimum atomic E-state index is -4.55. The van der Waals surface area contributed by atoms with E-state index in [1.807, 2.05) is 0 Å². The van der Waals surface area contributed by atoms with E-state index < -0.39 is 21.9 Å². The van der Waals surface area contributed by atoms with E-state index in [1.165, 1.54) is 22.5 Å². The number of aryl methyl sites for hydroxylation is 3. The largest absolute Gasteiger partial charge is 0.436 e. The van der Waals surface area contributed by atoms with Gasteiger partial charge < -0.3 is 0 Å². The topological polar surface area (TPSA) is 81.8 Å². The fraction of sp³-hybridized carbons (Fsp3) is 0.538. The van der Waals surface area contributed by atoms with Crippen LogP contribution in [0.25, 0.3) is 0 Å². The van der Waals surface area contributed by atoms with Crippen LogP contribution in [0.1, 0.15) is 23.5 Å². The smallest absolute Gasteiger partial charge is 0.274 e. The number of hydrogen-bond donors (Lipinski definition) is 1. The Morgan fingerprint density at radius 2 is 1.92 bits per heavy atom. The molecule has 0 amide bonds. The molecule has 1 N–H and O–H groups in total. The summed E-state index contributed by atoms with van der Waals surface area (Å²) in [6.07, 6.45) is -2.87. The maximum Gasteiger partial charge on any atom is 0.436 e. The molecule has 0 aliphatic heterocycles. The average Bonchev–Trinajstić information content (AvgIpc) is 2.96. The molecule has 0 saturated heterocycles. The van der Waals surface area contributed by atoms with E-state index in [0.717, 1.165) is 0 Å². The summed E-state index contributed by atoms with van der Waals surface area (Å²) in [6.45, 7) is 3.30. The molecule has 0 saturated carbocycles. The number of aromatic nitrogens is 4. The standard InChI is InChI=1S/C13H17BrF3N5O2S/c1-8-10(7-21(3)19-8)25(23,24)18-5-4-6-22-9(2)11(14)12(20-22)13(15,16)17/h7,18H,4-6H2,1-3H3. The highest BCUT2D eigenvalue weighted by Crippen LogP contribution is 2.35. The molecule has 2 heterocycles. The highest BCUT2D eigenvalue weighted by Gasteiger charge is 2.37. The van der Waals surface area contributed by atoms with Crippen LogP contribution in [0.15, 0.2) is 15.6 Å². The fourth-order valence-electron chi connectivity index (χ4n) is 2.28. The lowest BCUT2D eigenvalue weighted by molar-refractivity contribution is -0.142. The molecule has 140 valence electrons. The number of sulfonamides is 1. The van der Waals surface area contributed by atoms with Crippen molar-refractivity contribution < 1.29 is 21.6 Å². The summed E-state index contributed by atoms with van der Waals surface area (Å²) in [4.78, 5) is 0.0763. The van der Waals surface area contributed by atoms with Gasteiger partial charge in [0.15, 0.2) is 5.69 Å². The van der Waals surface area contributed by atoms with Gasteiger partial charge >= 0.3 is 6.18 Å². The van der Waals surface area contributed by atoms with Crippen LogP contribution >= 0.6 is 15.9 Å². The first-order valence-electron chi connectivity index (χ1n) is 7.23. The van der Waals surface area contributed by atoms with E-state index in [-0.39, 0.29) is 28.9 Å². The third kappa shape index (κ3) is 4.42. The van der Waals surface area contributed by atoms with Gasteiger partial charge in [-0.1, -0.05) is 0 Å². The number of nitrogens with zero attached hydrogens (tertiary/aromatic N) is 4. The van der Waals surface area contributed by atoms with Crippen molar-refractivity contribution in [3.63, 3.8) is 0 Å². The first-order valence-corrected chi connectivity index (χ1v) is 9.51. The van der Waals surface area contributed by atoms with Crippen molar-refractivity contribution in [2.45, 2.75) is 37.9 Å². The molecule has 0 radical (unpaired) electrons. The second-order valence-electron chi connectivity index (χ2n) is 5.47. The molecule has 0 aromatic carbocycles. The van der Waals surface area contributed by atoms with Crippen molar-refractivity contribution in [2.24, 2.45) is 7.05 Å². The van der Waals surface area contributed by atoms with Crippen molar-refractivity contribution in [1.82, 2.24) is 24.3 Å². The van der Waals surface area contributed by atoms with Crippen molar-refractivity contribution in [3.8, 4) is 0 Å². The monoisotopic (exact) mass is 443 g/mol. The normalized spacial score (nSPS) is 12.8. The predicted molar refractivity (Wildman–Crippen MR) is 87.4 cm³/mol. The molecule has 0 bridgehead atoms. The summed E-state index contributed by atoms with van der Waals surface area (Å²) >= 11 is 2.89. The molecule has 0 spiro atoms. The van der Waals surface area contributed by atoms with Crippen LogP contribution in [-0.2, 0) is 29.8 Å². The number of halogens is 4.